The average molecular weight is 494 g/mol. The molecule has 0 aliphatic rings. The quantitative estimate of drug-likeness (QED) is 0.303. The summed E-state index contributed by atoms with van der Waals surface area (Å²) in [6.45, 7) is 4.79. The highest BCUT2D eigenvalue weighted by molar-refractivity contribution is 5.87. The molecule has 2 N–H and O–H groups in total. The molecule has 2 heterocycles. The van der Waals surface area contributed by atoms with E-state index in [1.165, 1.54) is 0 Å². The van der Waals surface area contributed by atoms with Gasteiger partial charge in [-0.3, -0.25) is 0 Å². The van der Waals surface area contributed by atoms with Crippen molar-refractivity contribution in [3.05, 3.63) is 101 Å². The van der Waals surface area contributed by atoms with Gasteiger partial charge in [0.2, 0.25) is 0 Å². The van der Waals surface area contributed by atoms with E-state index >= 15 is 0 Å². The molecular formula is C28H27N7O2. The highest BCUT2D eigenvalue weighted by Crippen LogP contribution is 2.30. The molecule has 0 fully saturated rings. The fourth-order valence-electron chi connectivity index (χ4n) is 4.20. The van der Waals surface area contributed by atoms with Crippen LogP contribution in [0.5, 0.6) is 0 Å². The zero-order chi connectivity index (χ0) is 25.8. The third-order valence-electron chi connectivity index (χ3n) is 6.24. The minimum absolute atomic E-state index is 0.222. The fraction of sp³-hybridized carbons (Fsp3) is 0.214. The lowest BCUT2D eigenvalue weighted by molar-refractivity contribution is 0.0697. The number of nitrogens with zero attached hydrogens (tertiary/aromatic N) is 6. The van der Waals surface area contributed by atoms with Crippen molar-refractivity contribution in [3.8, 4) is 22.5 Å². The first-order valence-electron chi connectivity index (χ1n) is 12.2. The number of carboxylic acid groups (broad SMARTS) is 1. The Morgan fingerprint density at radius 1 is 0.919 bits per heavy atom. The van der Waals surface area contributed by atoms with E-state index < -0.39 is 5.97 Å². The molecule has 0 aliphatic heterocycles. The zero-order valence-corrected chi connectivity index (χ0v) is 20.7. The number of aromatic carboxylic acids is 1. The molecule has 0 radical (unpaired) electrons. The molecule has 0 saturated carbocycles. The summed E-state index contributed by atoms with van der Waals surface area (Å²) in [5.74, 6) is 1.67. The van der Waals surface area contributed by atoms with E-state index in [1.807, 2.05) is 35.0 Å². The largest absolute Gasteiger partial charge is 0.478 e. The summed E-state index contributed by atoms with van der Waals surface area (Å²) in [5.41, 5.74) is 5.53. The van der Waals surface area contributed by atoms with E-state index in [-0.39, 0.29) is 11.5 Å². The molecule has 9 heteroatoms. The normalized spacial score (nSPS) is 11.2. The molecule has 9 nitrogen and oxygen atoms in total. The third-order valence-corrected chi connectivity index (χ3v) is 6.24. The maximum absolute atomic E-state index is 11.1. The Balaban J connectivity index is 1.34. The third kappa shape index (κ3) is 5.45. The zero-order valence-electron chi connectivity index (χ0n) is 20.7. The van der Waals surface area contributed by atoms with Crippen molar-refractivity contribution in [1.29, 1.82) is 0 Å². The number of aromatic amines is 1. The number of tetrazole rings is 1. The molecule has 37 heavy (non-hydrogen) atoms. The van der Waals surface area contributed by atoms with Crippen LogP contribution in [0.15, 0.2) is 72.8 Å². The van der Waals surface area contributed by atoms with E-state index in [4.69, 9.17) is 15.2 Å². The second-order valence-electron chi connectivity index (χ2n) is 9.19. The lowest BCUT2D eigenvalue weighted by Crippen LogP contribution is -2.08. The lowest BCUT2D eigenvalue weighted by Gasteiger charge is -2.10. The Morgan fingerprint density at radius 2 is 1.62 bits per heavy atom. The molecule has 0 bridgehead atoms. The van der Waals surface area contributed by atoms with Crippen molar-refractivity contribution < 1.29 is 9.90 Å². The van der Waals surface area contributed by atoms with Crippen molar-refractivity contribution in [2.75, 3.05) is 0 Å². The van der Waals surface area contributed by atoms with Crippen molar-refractivity contribution in [2.24, 2.45) is 0 Å². The molecule has 0 aliphatic carbocycles. The van der Waals surface area contributed by atoms with Gasteiger partial charge in [0.1, 0.15) is 5.82 Å². The standard InChI is InChI=1S/C28H27N7O2/c1-18(2)26-29-25(16-11-19-7-14-22(15-8-19)28(36)37)35(32-26)17-20-9-12-21(13-10-20)23-5-3-4-6-24(23)27-30-33-34-31-27/h3-10,12-15,18H,11,16-17H2,1-2H3,(H,36,37)(H,30,31,33,34). The molecule has 5 aromatic rings. The van der Waals surface area contributed by atoms with Crippen LogP contribution in [0.25, 0.3) is 22.5 Å². The first kappa shape index (κ1) is 24.1. The summed E-state index contributed by atoms with van der Waals surface area (Å²) in [7, 11) is 0. The van der Waals surface area contributed by atoms with E-state index in [2.05, 4.69) is 64.8 Å². The Kier molecular flexibility index (Phi) is 6.85. The van der Waals surface area contributed by atoms with Gasteiger partial charge in [0.15, 0.2) is 11.6 Å². The first-order chi connectivity index (χ1) is 18.0. The minimum atomic E-state index is -0.919. The molecule has 2 aromatic heterocycles. The lowest BCUT2D eigenvalue weighted by atomic mass is 9.98. The van der Waals surface area contributed by atoms with Crippen LogP contribution in [-0.4, -0.2) is 46.5 Å². The maximum Gasteiger partial charge on any atom is 0.335 e. The van der Waals surface area contributed by atoms with Crippen LogP contribution in [0.4, 0.5) is 0 Å². The van der Waals surface area contributed by atoms with Crippen LogP contribution < -0.4 is 0 Å². The van der Waals surface area contributed by atoms with Crippen LogP contribution in [0.2, 0.25) is 0 Å². The smallest absolute Gasteiger partial charge is 0.335 e. The molecule has 0 amide bonds. The topological polar surface area (TPSA) is 122 Å². The minimum Gasteiger partial charge on any atom is -0.478 e. The van der Waals surface area contributed by atoms with E-state index in [0.29, 0.717) is 18.8 Å². The van der Waals surface area contributed by atoms with Gasteiger partial charge in [-0.15, -0.1) is 5.10 Å². The molecule has 0 unspecified atom stereocenters. The second-order valence-corrected chi connectivity index (χ2v) is 9.19. The average Bonchev–Trinajstić information content (AvgIpc) is 3.59. The van der Waals surface area contributed by atoms with Gasteiger partial charge in [-0.25, -0.2) is 19.6 Å². The number of H-pyrrole nitrogens is 1. The summed E-state index contributed by atoms with van der Waals surface area (Å²) in [6.07, 6.45) is 1.46. The summed E-state index contributed by atoms with van der Waals surface area (Å²) < 4.78 is 1.98. The monoisotopic (exact) mass is 493 g/mol. The molecule has 5 rings (SSSR count). The first-order valence-corrected chi connectivity index (χ1v) is 12.2. The molecule has 0 saturated heterocycles. The Hall–Kier alpha value is -4.66. The van der Waals surface area contributed by atoms with Gasteiger partial charge in [-0.05, 0) is 51.2 Å². The number of carboxylic acids is 1. The highest BCUT2D eigenvalue weighted by atomic mass is 16.4. The van der Waals surface area contributed by atoms with Crippen molar-refractivity contribution in [3.63, 3.8) is 0 Å². The number of carbonyl (C=O) groups is 1. The van der Waals surface area contributed by atoms with Gasteiger partial charge in [-0.1, -0.05) is 74.5 Å². The number of hydrogen-bond donors (Lipinski definition) is 2. The van der Waals surface area contributed by atoms with Gasteiger partial charge in [0.25, 0.3) is 0 Å². The fourth-order valence-corrected chi connectivity index (χ4v) is 4.20. The molecule has 3 aromatic carbocycles. The molecule has 0 atom stereocenters. The van der Waals surface area contributed by atoms with Crippen LogP contribution in [0.3, 0.4) is 0 Å². The SMILES string of the molecule is CC(C)c1nc(CCc2ccc(C(=O)O)cc2)n(Cc2ccc(-c3ccccc3-c3nnn[nH]3)cc2)n1. The second kappa shape index (κ2) is 10.5. The number of benzene rings is 3. The van der Waals surface area contributed by atoms with E-state index in [1.54, 1.807) is 12.1 Å². The summed E-state index contributed by atoms with van der Waals surface area (Å²) >= 11 is 0. The molecular weight excluding hydrogens is 466 g/mol. The predicted molar refractivity (Wildman–Crippen MR) is 139 cm³/mol. The Labute approximate surface area is 214 Å². The van der Waals surface area contributed by atoms with E-state index in [0.717, 1.165) is 45.9 Å². The summed E-state index contributed by atoms with van der Waals surface area (Å²) in [6, 6.07) is 23.4. The highest BCUT2D eigenvalue weighted by Gasteiger charge is 2.14. The van der Waals surface area contributed by atoms with Crippen LogP contribution in [0, 0.1) is 0 Å². The van der Waals surface area contributed by atoms with Gasteiger partial charge < -0.3 is 5.11 Å². The van der Waals surface area contributed by atoms with Crippen LogP contribution >= 0.6 is 0 Å². The van der Waals surface area contributed by atoms with Gasteiger partial charge in [0.05, 0.1) is 12.1 Å². The number of rotatable bonds is 9. The van der Waals surface area contributed by atoms with Gasteiger partial charge >= 0.3 is 5.97 Å². The van der Waals surface area contributed by atoms with Gasteiger partial charge in [-0.2, -0.15) is 5.10 Å². The van der Waals surface area contributed by atoms with Crippen LogP contribution in [-0.2, 0) is 19.4 Å². The number of aryl methyl sites for hydroxylation is 2. The predicted octanol–water partition coefficient (Wildman–Crippen LogP) is 4.78. The van der Waals surface area contributed by atoms with Crippen LogP contribution in [0.1, 0.15) is 52.9 Å². The summed E-state index contributed by atoms with van der Waals surface area (Å²) in [4.78, 5) is 15.9. The van der Waals surface area contributed by atoms with Crippen molar-refractivity contribution in [1.82, 2.24) is 35.4 Å². The van der Waals surface area contributed by atoms with Gasteiger partial charge in [0, 0.05) is 17.9 Å². The number of hydrogen-bond acceptors (Lipinski definition) is 6. The molecule has 186 valence electrons. The molecule has 0 spiro atoms. The number of aromatic nitrogens is 7. The van der Waals surface area contributed by atoms with Crippen molar-refractivity contribution >= 4 is 5.97 Å². The van der Waals surface area contributed by atoms with E-state index in [9.17, 15) is 4.79 Å². The summed E-state index contributed by atoms with van der Waals surface area (Å²) in [5, 5.41) is 28.2. The Bertz CT molecular complexity index is 1490. The number of nitrogens with one attached hydrogen (secondary N) is 1. The Morgan fingerprint density at radius 3 is 2.27 bits per heavy atom. The maximum atomic E-state index is 11.1. The van der Waals surface area contributed by atoms with Crippen molar-refractivity contribution in [2.45, 2.75) is 39.2 Å².